The standard InChI is InChI=1S/C14H13Cl2NO/c15-12-4-3-11(14(16)7-12)8-17-13-5-1-10(9-18)2-6-13/h1-7,17-18H,8-9H2. The van der Waals surface area contributed by atoms with Crippen LogP contribution in [0.1, 0.15) is 11.1 Å². The third-order valence-electron chi connectivity index (χ3n) is 2.63. The highest BCUT2D eigenvalue weighted by Gasteiger charge is 2.01. The Morgan fingerprint density at radius 1 is 1.00 bits per heavy atom. The van der Waals surface area contributed by atoms with Crippen molar-refractivity contribution in [3.63, 3.8) is 0 Å². The maximum absolute atomic E-state index is 8.95. The van der Waals surface area contributed by atoms with E-state index in [4.69, 9.17) is 28.3 Å². The number of nitrogens with one attached hydrogen (secondary N) is 1. The van der Waals surface area contributed by atoms with E-state index in [1.165, 1.54) is 0 Å². The Morgan fingerprint density at radius 3 is 2.33 bits per heavy atom. The molecule has 2 aromatic carbocycles. The molecule has 0 aliphatic rings. The van der Waals surface area contributed by atoms with E-state index in [9.17, 15) is 0 Å². The van der Waals surface area contributed by atoms with E-state index in [0.717, 1.165) is 16.8 Å². The van der Waals surface area contributed by atoms with E-state index in [1.807, 2.05) is 36.4 Å². The molecule has 94 valence electrons. The fourth-order valence-corrected chi connectivity index (χ4v) is 2.07. The van der Waals surface area contributed by atoms with Crippen LogP contribution in [0.25, 0.3) is 0 Å². The van der Waals surface area contributed by atoms with Crippen LogP contribution in [0.15, 0.2) is 42.5 Å². The lowest BCUT2D eigenvalue weighted by Gasteiger charge is -2.09. The van der Waals surface area contributed by atoms with Crippen molar-refractivity contribution in [2.45, 2.75) is 13.2 Å². The van der Waals surface area contributed by atoms with Crippen LogP contribution in [-0.2, 0) is 13.2 Å². The van der Waals surface area contributed by atoms with Gasteiger partial charge in [-0.2, -0.15) is 0 Å². The van der Waals surface area contributed by atoms with Crippen molar-refractivity contribution < 1.29 is 5.11 Å². The van der Waals surface area contributed by atoms with Crippen LogP contribution in [0.5, 0.6) is 0 Å². The van der Waals surface area contributed by atoms with Gasteiger partial charge in [0.25, 0.3) is 0 Å². The number of halogens is 2. The van der Waals surface area contributed by atoms with Gasteiger partial charge in [-0.15, -0.1) is 0 Å². The summed E-state index contributed by atoms with van der Waals surface area (Å²) in [7, 11) is 0. The van der Waals surface area contributed by atoms with Gasteiger partial charge in [-0.05, 0) is 35.4 Å². The molecule has 0 radical (unpaired) electrons. The van der Waals surface area contributed by atoms with Crippen LogP contribution in [-0.4, -0.2) is 5.11 Å². The smallest absolute Gasteiger partial charge is 0.0681 e. The van der Waals surface area contributed by atoms with E-state index in [1.54, 1.807) is 6.07 Å². The van der Waals surface area contributed by atoms with Gasteiger partial charge in [0, 0.05) is 22.3 Å². The number of aliphatic hydroxyl groups is 1. The van der Waals surface area contributed by atoms with Crippen LogP contribution in [0.4, 0.5) is 5.69 Å². The lowest BCUT2D eigenvalue weighted by Crippen LogP contribution is -2.00. The predicted octanol–water partition coefficient (Wildman–Crippen LogP) is 4.10. The molecule has 0 aliphatic carbocycles. The maximum Gasteiger partial charge on any atom is 0.0681 e. The molecule has 0 saturated heterocycles. The first-order valence-corrected chi connectivity index (χ1v) is 6.32. The average Bonchev–Trinajstić information content (AvgIpc) is 2.38. The first-order chi connectivity index (χ1) is 8.69. The van der Waals surface area contributed by atoms with E-state index < -0.39 is 0 Å². The van der Waals surface area contributed by atoms with Crippen LogP contribution < -0.4 is 5.32 Å². The maximum atomic E-state index is 8.95. The number of anilines is 1. The minimum Gasteiger partial charge on any atom is -0.392 e. The predicted molar refractivity (Wildman–Crippen MR) is 76.2 cm³/mol. The largest absolute Gasteiger partial charge is 0.392 e. The number of benzene rings is 2. The summed E-state index contributed by atoms with van der Waals surface area (Å²) in [5.41, 5.74) is 2.87. The molecular formula is C14H13Cl2NO. The van der Waals surface area contributed by atoms with Crippen LogP contribution in [0.2, 0.25) is 10.0 Å². The van der Waals surface area contributed by atoms with Gasteiger partial charge in [-0.1, -0.05) is 41.4 Å². The molecule has 18 heavy (non-hydrogen) atoms. The van der Waals surface area contributed by atoms with Crippen molar-refractivity contribution >= 4 is 28.9 Å². The molecule has 0 heterocycles. The molecule has 0 spiro atoms. The van der Waals surface area contributed by atoms with E-state index >= 15 is 0 Å². The second-order valence-electron chi connectivity index (χ2n) is 3.94. The van der Waals surface area contributed by atoms with Crippen LogP contribution in [0.3, 0.4) is 0 Å². The van der Waals surface area contributed by atoms with E-state index in [0.29, 0.717) is 16.6 Å². The second-order valence-corrected chi connectivity index (χ2v) is 4.79. The minimum absolute atomic E-state index is 0.0588. The average molecular weight is 282 g/mol. The summed E-state index contributed by atoms with van der Waals surface area (Å²) >= 11 is 11.9. The summed E-state index contributed by atoms with van der Waals surface area (Å²) < 4.78 is 0. The summed E-state index contributed by atoms with van der Waals surface area (Å²) in [6.45, 7) is 0.692. The Kier molecular flexibility index (Phi) is 4.48. The molecule has 0 fully saturated rings. The van der Waals surface area contributed by atoms with Gasteiger partial charge < -0.3 is 10.4 Å². The SMILES string of the molecule is OCc1ccc(NCc2ccc(Cl)cc2Cl)cc1. The van der Waals surface area contributed by atoms with E-state index in [2.05, 4.69) is 5.32 Å². The molecule has 0 unspecified atom stereocenters. The molecule has 0 atom stereocenters. The summed E-state index contributed by atoms with van der Waals surface area (Å²) in [6, 6.07) is 13.1. The van der Waals surface area contributed by atoms with Crippen LogP contribution in [0, 0.1) is 0 Å². The van der Waals surface area contributed by atoms with Crippen molar-refractivity contribution in [1.29, 1.82) is 0 Å². The van der Waals surface area contributed by atoms with Crippen LogP contribution >= 0.6 is 23.2 Å². The fourth-order valence-electron chi connectivity index (χ4n) is 1.59. The molecule has 2 aromatic rings. The lowest BCUT2D eigenvalue weighted by molar-refractivity contribution is 0.282. The molecule has 2 rings (SSSR count). The third-order valence-corrected chi connectivity index (χ3v) is 3.22. The quantitative estimate of drug-likeness (QED) is 0.885. The summed E-state index contributed by atoms with van der Waals surface area (Å²) in [6.07, 6.45) is 0. The van der Waals surface area contributed by atoms with Crippen molar-refractivity contribution in [2.75, 3.05) is 5.32 Å². The zero-order valence-electron chi connectivity index (χ0n) is 9.66. The van der Waals surface area contributed by atoms with Gasteiger partial charge >= 0.3 is 0 Å². The molecule has 4 heteroatoms. The topological polar surface area (TPSA) is 32.3 Å². The Hall–Kier alpha value is -1.22. The molecule has 2 nitrogen and oxygen atoms in total. The summed E-state index contributed by atoms with van der Waals surface area (Å²) in [5, 5.41) is 13.5. The Bertz CT molecular complexity index is 526. The zero-order chi connectivity index (χ0) is 13.0. The molecular weight excluding hydrogens is 269 g/mol. The number of aliphatic hydroxyl groups excluding tert-OH is 1. The molecule has 0 bridgehead atoms. The molecule has 0 aliphatic heterocycles. The van der Waals surface area contributed by atoms with Crippen molar-refractivity contribution in [3.05, 3.63) is 63.6 Å². The number of hydrogen-bond acceptors (Lipinski definition) is 2. The second kappa shape index (κ2) is 6.10. The van der Waals surface area contributed by atoms with Gasteiger partial charge in [-0.25, -0.2) is 0 Å². The first kappa shape index (κ1) is 13.2. The first-order valence-electron chi connectivity index (χ1n) is 5.56. The fraction of sp³-hybridized carbons (Fsp3) is 0.143. The third kappa shape index (κ3) is 3.39. The Morgan fingerprint density at radius 2 is 1.72 bits per heavy atom. The Balaban J connectivity index is 2.02. The number of rotatable bonds is 4. The lowest BCUT2D eigenvalue weighted by atomic mass is 10.2. The number of hydrogen-bond donors (Lipinski definition) is 2. The van der Waals surface area contributed by atoms with Gasteiger partial charge in [0.15, 0.2) is 0 Å². The summed E-state index contributed by atoms with van der Waals surface area (Å²) in [5.74, 6) is 0. The molecule has 0 amide bonds. The van der Waals surface area contributed by atoms with Crippen molar-refractivity contribution in [1.82, 2.24) is 0 Å². The molecule has 0 aromatic heterocycles. The molecule has 0 saturated carbocycles. The van der Waals surface area contributed by atoms with Gasteiger partial charge in [-0.3, -0.25) is 0 Å². The van der Waals surface area contributed by atoms with E-state index in [-0.39, 0.29) is 6.61 Å². The normalized spacial score (nSPS) is 10.4. The minimum atomic E-state index is 0.0588. The van der Waals surface area contributed by atoms with Crippen molar-refractivity contribution in [3.8, 4) is 0 Å². The van der Waals surface area contributed by atoms with Gasteiger partial charge in [0.1, 0.15) is 0 Å². The van der Waals surface area contributed by atoms with Crippen molar-refractivity contribution in [2.24, 2.45) is 0 Å². The highest BCUT2D eigenvalue weighted by atomic mass is 35.5. The highest BCUT2D eigenvalue weighted by molar-refractivity contribution is 6.35. The highest BCUT2D eigenvalue weighted by Crippen LogP contribution is 2.22. The van der Waals surface area contributed by atoms with Gasteiger partial charge in [0.05, 0.1) is 6.61 Å². The van der Waals surface area contributed by atoms with Gasteiger partial charge in [0.2, 0.25) is 0 Å². The Labute approximate surface area is 116 Å². The monoisotopic (exact) mass is 281 g/mol. The molecule has 2 N–H and O–H groups in total. The summed E-state index contributed by atoms with van der Waals surface area (Å²) in [4.78, 5) is 0. The zero-order valence-corrected chi connectivity index (χ0v) is 11.2.